The summed E-state index contributed by atoms with van der Waals surface area (Å²) in [5.41, 5.74) is 0.776. The molecule has 1 aliphatic carbocycles. The van der Waals surface area contributed by atoms with Gasteiger partial charge in [0.25, 0.3) is 0 Å². The van der Waals surface area contributed by atoms with Crippen molar-refractivity contribution in [1.29, 1.82) is 0 Å². The van der Waals surface area contributed by atoms with Crippen molar-refractivity contribution in [3.05, 3.63) is 11.4 Å². The molecule has 2 rings (SSSR count). The van der Waals surface area contributed by atoms with Gasteiger partial charge in [-0.05, 0) is 38.5 Å². The molecule has 0 atom stereocenters. The normalized spacial score (nSPS) is 16.9. The number of hydrogen-bond acceptors (Lipinski definition) is 4. The first kappa shape index (κ1) is 16.0. The van der Waals surface area contributed by atoms with Gasteiger partial charge in [-0.15, -0.1) is 0 Å². The van der Waals surface area contributed by atoms with E-state index in [-0.39, 0.29) is 16.9 Å². The lowest BCUT2D eigenvalue weighted by Crippen LogP contribution is -2.30. The van der Waals surface area contributed by atoms with E-state index >= 15 is 0 Å². The first-order valence-electron chi connectivity index (χ1n) is 6.96. The van der Waals surface area contributed by atoms with Crippen LogP contribution < -0.4 is 4.72 Å². The Balaban J connectivity index is 2.23. The number of sulfonamides is 1. The Bertz CT molecular complexity index is 659. The average molecular weight is 315 g/mol. The summed E-state index contributed by atoms with van der Waals surface area (Å²) in [5.74, 6) is -1.06. The molecular formula is C13H21N3O4S. The molecule has 118 valence electrons. The van der Waals surface area contributed by atoms with E-state index < -0.39 is 16.0 Å². The highest BCUT2D eigenvalue weighted by molar-refractivity contribution is 7.89. The lowest BCUT2D eigenvalue weighted by molar-refractivity contribution is -0.137. The third-order valence-electron chi connectivity index (χ3n) is 4.21. The topological polar surface area (TPSA) is 101 Å². The number of aliphatic carboxylic acids is 1. The Labute approximate surface area is 124 Å². The fraction of sp³-hybridized carbons (Fsp3) is 0.692. The minimum atomic E-state index is -3.67. The first-order valence-corrected chi connectivity index (χ1v) is 8.44. The van der Waals surface area contributed by atoms with E-state index in [0.717, 1.165) is 19.3 Å². The lowest BCUT2D eigenvalue weighted by atomic mass is 10.1. The Morgan fingerprint density at radius 1 is 1.43 bits per heavy atom. The molecule has 0 bridgehead atoms. The quantitative estimate of drug-likeness (QED) is 0.783. The Kier molecular flexibility index (Phi) is 4.12. The van der Waals surface area contributed by atoms with Crippen LogP contribution in [0.2, 0.25) is 0 Å². The van der Waals surface area contributed by atoms with Crippen molar-refractivity contribution in [2.45, 2.75) is 51.5 Å². The van der Waals surface area contributed by atoms with Crippen LogP contribution in [-0.4, -0.2) is 35.8 Å². The molecule has 0 aliphatic heterocycles. The molecule has 0 saturated heterocycles. The summed E-state index contributed by atoms with van der Waals surface area (Å²) >= 11 is 0. The fourth-order valence-corrected chi connectivity index (χ4v) is 4.07. The number of aryl methyl sites for hydroxylation is 1. The Morgan fingerprint density at radius 3 is 2.52 bits per heavy atom. The zero-order chi connectivity index (χ0) is 15.8. The maximum atomic E-state index is 12.5. The molecular weight excluding hydrogens is 294 g/mol. The number of rotatable bonds is 7. The van der Waals surface area contributed by atoms with Gasteiger partial charge in [0.05, 0.1) is 11.4 Å². The summed E-state index contributed by atoms with van der Waals surface area (Å²) in [4.78, 5) is 10.9. The Hall–Kier alpha value is -1.41. The highest BCUT2D eigenvalue weighted by atomic mass is 32.2. The van der Waals surface area contributed by atoms with E-state index in [1.54, 1.807) is 13.8 Å². The summed E-state index contributed by atoms with van der Waals surface area (Å²) in [7, 11) is -3.67. The molecule has 0 aromatic carbocycles. The van der Waals surface area contributed by atoms with E-state index in [1.807, 2.05) is 0 Å². The van der Waals surface area contributed by atoms with Crippen molar-refractivity contribution in [2.75, 3.05) is 6.54 Å². The highest BCUT2D eigenvalue weighted by Gasteiger charge is 2.41. The highest BCUT2D eigenvalue weighted by Crippen LogP contribution is 2.48. The van der Waals surface area contributed by atoms with Crippen molar-refractivity contribution in [3.63, 3.8) is 0 Å². The van der Waals surface area contributed by atoms with Crippen molar-refractivity contribution < 1.29 is 18.3 Å². The lowest BCUT2D eigenvalue weighted by Gasteiger charge is -2.14. The molecule has 1 saturated carbocycles. The van der Waals surface area contributed by atoms with E-state index in [2.05, 4.69) is 16.7 Å². The molecule has 1 fully saturated rings. The van der Waals surface area contributed by atoms with Gasteiger partial charge in [0.15, 0.2) is 0 Å². The molecule has 0 spiro atoms. The first-order chi connectivity index (χ1) is 9.71. The van der Waals surface area contributed by atoms with Crippen LogP contribution in [0.4, 0.5) is 0 Å². The maximum Gasteiger partial charge on any atom is 0.325 e. The second-order valence-electron chi connectivity index (χ2n) is 5.73. The number of aromatic nitrogens is 2. The summed E-state index contributed by atoms with van der Waals surface area (Å²) in [6.45, 7) is 5.29. The molecule has 21 heavy (non-hydrogen) atoms. The van der Waals surface area contributed by atoms with Crippen LogP contribution in [0.3, 0.4) is 0 Å². The van der Waals surface area contributed by atoms with Crippen LogP contribution in [-0.2, 0) is 21.4 Å². The van der Waals surface area contributed by atoms with Crippen molar-refractivity contribution in [3.8, 4) is 0 Å². The van der Waals surface area contributed by atoms with Gasteiger partial charge in [0.1, 0.15) is 11.4 Å². The van der Waals surface area contributed by atoms with Gasteiger partial charge >= 0.3 is 5.97 Å². The van der Waals surface area contributed by atoms with E-state index in [4.69, 9.17) is 5.11 Å². The summed E-state index contributed by atoms with van der Waals surface area (Å²) in [6, 6.07) is 0. The average Bonchev–Trinajstić information content (AvgIpc) is 3.10. The molecule has 1 aliphatic rings. The standard InChI is InChI=1S/C13H21N3O4S/c1-4-13(5-6-13)8-14-21(19,20)12-9(2)15-16(10(12)3)7-11(17)18/h14H,4-8H2,1-3H3,(H,17,18). The molecule has 0 amide bonds. The molecule has 7 nitrogen and oxygen atoms in total. The van der Waals surface area contributed by atoms with E-state index in [0.29, 0.717) is 17.9 Å². The summed E-state index contributed by atoms with van der Waals surface area (Å²) in [6.07, 6.45) is 3.04. The number of hydrogen-bond donors (Lipinski definition) is 2. The second-order valence-corrected chi connectivity index (χ2v) is 7.43. The molecule has 2 N–H and O–H groups in total. The maximum absolute atomic E-state index is 12.5. The SMILES string of the molecule is CCC1(CNS(=O)(=O)c2c(C)nn(CC(=O)O)c2C)CC1. The number of carbonyl (C=O) groups is 1. The van der Waals surface area contributed by atoms with Gasteiger partial charge in [-0.2, -0.15) is 5.10 Å². The van der Waals surface area contributed by atoms with Gasteiger partial charge in [-0.1, -0.05) is 6.92 Å². The van der Waals surface area contributed by atoms with Gasteiger partial charge in [-0.3, -0.25) is 9.48 Å². The predicted octanol–water partition coefficient (Wildman–Crippen LogP) is 1.05. The molecule has 8 heteroatoms. The zero-order valence-corrected chi connectivity index (χ0v) is 13.3. The largest absolute Gasteiger partial charge is 0.480 e. The summed E-state index contributed by atoms with van der Waals surface area (Å²) in [5, 5.41) is 12.8. The van der Waals surface area contributed by atoms with E-state index in [9.17, 15) is 13.2 Å². The number of nitrogens with zero attached hydrogens (tertiary/aromatic N) is 2. The van der Waals surface area contributed by atoms with E-state index in [1.165, 1.54) is 4.68 Å². The van der Waals surface area contributed by atoms with Gasteiger partial charge < -0.3 is 5.11 Å². The Morgan fingerprint density at radius 2 is 2.05 bits per heavy atom. The molecule has 1 aromatic heterocycles. The molecule has 0 unspecified atom stereocenters. The monoisotopic (exact) mass is 315 g/mol. The third kappa shape index (κ3) is 3.26. The number of carboxylic acids is 1. The van der Waals surface area contributed by atoms with Crippen molar-refractivity contribution in [1.82, 2.24) is 14.5 Å². The van der Waals surface area contributed by atoms with Crippen LogP contribution >= 0.6 is 0 Å². The van der Waals surface area contributed by atoms with Gasteiger partial charge in [-0.25, -0.2) is 13.1 Å². The minimum absolute atomic E-state index is 0.0932. The number of carboxylic acid groups (broad SMARTS) is 1. The molecule has 1 heterocycles. The summed E-state index contributed by atoms with van der Waals surface area (Å²) < 4.78 is 28.8. The van der Waals surface area contributed by atoms with Crippen molar-refractivity contribution >= 4 is 16.0 Å². The zero-order valence-electron chi connectivity index (χ0n) is 12.5. The molecule has 1 aromatic rings. The second kappa shape index (κ2) is 5.42. The van der Waals surface area contributed by atoms with Crippen LogP contribution in [0.25, 0.3) is 0 Å². The number of nitrogens with one attached hydrogen (secondary N) is 1. The smallest absolute Gasteiger partial charge is 0.325 e. The third-order valence-corrected chi connectivity index (χ3v) is 5.87. The van der Waals surface area contributed by atoms with Crippen LogP contribution in [0.1, 0.15) is 37.6 Å². The fourth-order valence-electron chi connectivity index (χ4n) is 2.50. The van der Waals surface area contributed by atoms with Gasteiger partial charge in [0, 0.05) is 6.54 Å². The minimum Gasteiger partial charge on any atom is -0.480 e. The van der Waals surface area contributed by atoms with Gasteiger partial charge in [0.2, 0.25) is 10.0 Å². The predicted molar refractivity (Wildman–Crippen MR) is 76.5 cm³/mol. The van der Waals surface area contributed by atoms with Crippen LogP contribution in [0.5, 0.6) is 0 Å². The van der Waals surface area contributed by atoms with Crippen LogP contribution in [0.15, 0.2) is 4.90 Å². The molecule has 0 radical (unpaired) electrons. The van der Waals surface area contributed by atoms with Crippen molar-refractivity contribution in [2.24, 2.45) is 5.41 Å². The van der Waals surface area contributed by atoms with Crippen LogP contribution in [0, 0.1) is 19.3 Å².